The average Bonchev–Trinajstić information content (AvgIpc) is 3.19. The number of aromatic nitrogens is 4. The number of carbonyl (C=O) groups excluding carboxylic acids is 1. The maximum atomic E-state index is 11.8. The lowest BCUT2D eigenvalue weighted by Gasteiger charge is -2.12. The first-order chi connectivity index (χ1) is 11.2. The van der Waals surface area contributed by atoms with Crippen LogP contribution in [0.15, 0.2) is 35.6 Å². The van der Waals surface area contributed by atoms with E-state index in [2.05, 4.69) is 31.0 Å². The summed E-state index contributed by atoms with van der Waals surface area (Å²) in [6.07, 6.45) is 1.84. The number of anilines is 2. The van der Waals surface area contributed by atoms with E-state index in [9.17, 15) is 4.79 Å². The van der Waals surface area contributed by atoms with Crippen molar-refractivity contribution in [1.29, 1.82) is 5.26 Å². The van der Waals surface area contributed by atoms with E-state index >= 15 is 0 Å². The number of hydrogen-bond donors (Lipinski definition) is 2. The van der Waals surface area contributed by atoms with Crippen molar-refractivity contribution in [3.63, 3.8) is 0 Å². The second-order valence-corrected chi connectivity index (χ2v) is 4.81. The van der Waals surface area contributed by atoms with Gasteiger partial charge in [0.1, 0.15) is 11.6 Å². The van der Waals surface area contributed by atoms with Gasteiger partial charge in [0.25, 0.3) is 5.91 Å². The van der Waals surface area contributed by atoms with Crippen LogP contribution in [0.3, 0.4) is 0 Å². The van der Waals surface area contributed by atoms with Gasteiger partial charge in [-0.3, -0.25) is 4.79 Å². The van der Waals surface area contributed by atoms with Gasteiger partial charge in [0, 0.05) is 17.6 Å². The van der Waals surface area contributed by atoms with Crippen LogP contribution in [-0.4, -0.2) is 32.2 Å². The highest BCUT2D eigenvalue weighted by Crippen LogP contribution is 2.22. The molecule has 2 heterocycles. The van der Waals surface area contributed by atoms with Crippen LogP contribution in [0.2, 0.25) is 0 Å². The SMILES string of the molecule is CC1=NN(c2ccc(NC=C(C#N)c3nn[nH]n3)cc2)C(=O)C1. The average molecular weight is 308 g/mol. The molecule has 1 amide bonds. The number of aromatic amines is 1. The molecule has 1 aromatic heterocycles. The molecule has 9 heteroatoms. The van der Waals surface area contributed by atoms with Crippen LogP contribution < -0.4 is 10.3 Å². The fourth-order valence-corrected chi connectivity index (χ4v) is 2.03. The van der Waals surface area contributed by atoms with E-state index in [1.54, 1.807) is 24.3 Å². The van der Waals surface area contributed by atoms with Gasteiger partial charge in [-0.15, -0.1) is 10.2 Å². The summed E-state index contributed by atoms with van der Waals surface area (Å²) in [6.45, 7) is 1.82. The molecule has 0 saturated heterocycles. The number of allylic oxidation sites excluding steroid dienone is 1. The summed E-state index contributed by atoms with van der Waals surface area (Å²) in [5, 5.41) is 30.8. The molecule has 0 aliphatic carbocycles. The number of nitrogens with zero attached hydrogens (tertiary/aromatic N) is 6. The number of benzene rings is 1. The first-order valence-electron chi connectivity index (χ1n) is 6.75. The van der Waals surface area contributed by atoms with Gasteiger partial charge in [0.2, 0.25) is 5.82 Å². The number of hydrogen-bond acceptors (Lipinski definition) is 7. The van der Waals surface area contributed by atoms with E-state index in [-0.39, 0.29) is 17.3 Å². The molecule has 0 unspecified atom stereocenters. The summed E-state index contributed by atoms with van der Waals surface area (Å²) in [5.41, 5.74) is 2.48. The van der Waals surface area contributed by atoms with Crippen molar-refractivity contribution >= 4 is 28.6 Å². The van der Waals surface area contributed by atoms with E-state index in [1.807, 2.05) is 13.0 Å². The van der Waals surface area contributed by atoms with Gasteiger partial charge < -0.3 is 5.32 Å². The van der Waals surface area contributed by atoms with Crippen LogP contribution in [0, 0.1) is 11.3 Å². The van der Waals surface area contributed by atoms with Crippen molar-refractivity contribution in [1.82, 2.24) is 20.6 Å². The van der Waals surface area contributed by atoms with Crippen LogP contribution in [0.1, 0.15) is 19.2 Å². The normalized spacial score (nSPS) is 14.6. The highest BCUT2D eigenvalue weighted by Gasteiger charge is 2.22. The molecule has 23 heavy (non-hydrogen) atoms. The monoisotopic (exact) mass is 308 g/mol. The summed E-state index contributed by atoms with van der Waals surface area (Å²) in [6, 6.07) is 9.10. The van der Waals surface area contributed by atoms with E-state index < -0.39 is 0 Å². The Morgan fingerprint density at radius 3 is 2.78 bits per heavy atom. The molecule has 0 fully saturated rings. The molecule has 1 aromatic carbocycles. The molecule has 0 saturated carbocycles. The lowest BCUT2D eigenvalue weighted by molar-refractivity contribution is -0.116. The van der Waals surface area contributed by atoms with Gasteiger partial charge in [-0.2, -0.15) is 15.6 Å². The molecular weight excluding hydrogens is 296 g/mol. The predicted octanol–water partition coefficient (Wildman–Crippen LogP) is 1.29. The first kappa shape index (κ1) is 14.4. The van der Waals surface area contributed by atoms with Gasteiger partial charge >= 0.3 is 0 Å². The number of hydrazone groups is 1. The summed E-state index contributed by atoms with van der Waals surface area (Å²) in [7, 11) is 0. The summed E-state index contributed by atoms with van der Waals surface area (Å²) < 4.78 is 0. The van der Waals surface area contributed by atoms with Gasteiger partial charge in [-0.1, -0.05) is 0 Å². The van der Waals surface area contributed by atoms with Gasteiger partial charge in [0.05, 0.1) is 12.1 Å². The second-order valence-electron chi connectivity index (χ2n) is 4.81. The van der Waals surface area contributed by atoms with Crippen molar-refractivity contribution in [2.75, 3.05) is 10.3 Å². The van der Waals surface area contributed by atoms with Crippen LogP contribution >= 0.6 is 0 Å². The smallest absolute Gasteiger partial charge is 0.253 e. The number of tetrazole rings is 1. The van der Waals surface area contributed by atoms with Crippen molar-refractivity contribution in [3.8, 4) is 6.07 Å². The first-order valence-corrected chi connectivity index (χ1v) is 6.75. The molecule has 2 aromatic rings. The summed E-state index contributed by atoms with van der Waals surface area (Å²) in [4.78, 5) is 11.8. The lowest BCUT2D eigenvalue weighted by Crippen LogP contribution is -2.19. The molecular formula is C14H12N8O. The largest absolute Gasteiger partial charge is 0.360 e. The Labute approximate surface area is 131 Å². The summed E-state index contributed by atoms with van der Waals surface area (Å²) >= 11 is 0. The van der Waals surface area contributed by atoms with Crippen LogP contribution in [-0.2, 0) is 4.79 Å². The molecule has 0 radical (unpaired) electrons. The fourth-order valence-electron chi connectivity index (χ4n) is 2.03. The maximum absolute atomic E-state index is 11.8. The molecule has 0 spiro atoms. The molecule has 9 nitrogen and oxygen atoms in total. The van der Waals surface area contributed by atoms with E-state index in [1.165, 1.54) is 11.2 Å². The third-order valence-corrected chi connectivity index (χ3v) is 3.12. The molecule has 1 aliphatic rings. The van der Waals surface area contributed by atoms with Crippen LogP contribution in [0.4, 0.5) is 11.4 Å². The highest BCUT2D eigenvalue weighted by atomic mass is 16.2. The minimum absolute atomic E-state index is 0.0491. The number of nitriles is 1. The maximum Gasteiger partial charge on any atom is 0.253 e. The Bertz CT molecular complexity index is 813. The predicted molar refractivity (Wildman–Crippen MR) is 83.0 cm³/mol. The fraction of sp³-hybridized carbons (Fsp3) is 0.143. The number of rotatable bonds is 4. The summed E-state index contributed by atoms with van der Waals surface area (Å²) in [5.74, 6) is 0.163. The van der Waals surface area contributed by atoms with Gasteiger partial charge in [-0.05, 0) is 36.4 Å². The highest BCUT2D eigenvalue weighted by molar-refractivity contribution is 6.12. The van der Waals surface area contributed by atoms with E-state index in [4.69, 9.17) is 5.26 Å². The Balaban J connectivity index is 1.73. The van der Waals surface area contributed by atoms with Crippen LogP contribution in [0.5, 0.6) is 0 Å². The quantitative estimate of drug-likeness (QED) is 0.820. The Morgan fingerprint density at radius 2 is 2.22 bits per heavy atom. The Hall–Kier alpha value is -3.54. The molecule has 0 bridgehead atoms. The molecule has 2 N–H and O–H groups in total. The number of carbonyl (C=O) groups is 1. The van der Waals surface area contributed by atoms with Gasteiger partial charge in [0.15, 0.2) is 0 Å². The zero-order valence-corrected chi connectivity index (χ0v) is 12.2. The van der Waals surface area contributed by atoms with Crippen molar-refractivity contribution in [2.45, 2.75) is 13.3 Å². The topological polar surface area (TPSA) is 123 Å². The molecule has 3 rings (SSSR count). The van der Waals surface area contributed by atoms with E-state index in [0.717, 1.165) is 11.4 Å². The van der Waals surface area contributed by atoms with Crippen molar-refractivity contribution in [2.24, 2.45) is 5.10 Å². The van der Waals surface area contributed by atoms with Gasteiger partial charge in [-0.25, -0.2) is 5.01 Å². The van der Waals surface area contributed by atoms with Crippen LogP contribution in [0.25, 0.3) is 5.57 Å². The minimum atomic E-state index is -0.0491. The molecule has 0 atom stereocenters. The third kappa shape index (κ3) is 3.06. The van der Waals surface area contributed by atoms with Crippen molar-refractivity contribution in [3.05, 3.63) is 36.3 Å². The standard InChI is InChI=1S/C14H12N8O/c1-9-6-13(23)22(19-9)12-4-2-11(3-5-12)16-8-10(7-15)14-17-20-21-18-14/h2-5,8,16H,6H2,1H3,(H,17,18,20,21). The lowest BCUT2D eigenvalue weighted by atomic mass is 10.2. The van der Waals surface area contributed by atoms with Crippen molar-refractivity contribution < 1.29 is 4.79 Å². The Morgan fingerprint density at radius 1 is 1.43 bits per heavy atom. The third-order valence-electron chi connectivity index (χ3n) is 3.12. The second kappa shape index (κ2) is 6.07. The Kier molecular flexibility index (Phi) is 3.80. The number of amides is 1. The number of nitrogens with one attached hydrogen (secondary N) is 2. The minimum Gasteiger partial charge on any atom is -0.360 e. The zero-order chi connectivity index (χ0) is 16.2. The van der Waals surface area contributed by atoms with E-state index in [0.29, 0.717) is 12.1 Å². The zero-order valence-electron chi connectivity index (χ0n) is 12.2. The molecule has 1 aliphatic heterocycles. The molecule has 114 valence electrons. The number of H-pyrrole nitrogens is 1.